The molecule has 23 heavy (non-hydrogen) atoms. The molecule has 1 aromatic rings. The van der Waals surface area contributed by atoms with Crippen LogP contribution < -0.4 is 0 Å². The molecule has 118 valence electrons. The predicted octanol–water partition coefficient (Wildman–Crippen LogP) is 2.69. The van der Waals surface area contributed by atoms with Gasteiger partial charge in [0.15, 0.2) is 0 Å². The van der Waals surface area contributed by atoms with Gasteiger partial charge in [-0.05, 0) is 42.9 Å². The zero-order valence-electron chi connectivity index (χ0n) is 12.2. The minimum absolute atomic E-state index is 0.0511. The van der Waals surface area contributed by atoms with Gasteiger partial charge in [-0.25, -0.2) is 0 Å². The molecule has 4 atom stereocenters. The van der Waals surface area contributed by atoms with Crippen LogP contribution in [0.15, 0.2) is 39.9 Å². The van der Waals surface area contributed by atoms with Gasteiger partial charge >= 0.3 is 0 Å². The van der Waals surface area contributed by atoms with Crippen LogP contribution in [-0.4, -0.2) is 28.1 Å². The molecule has 5 rings (SSSR count). The van der Waals surface area contributed by atoms with Gasteiger partial charge in [0.25, 0.3) is 11.8 Å². The molecule has 2 amide bonds. The molecule has 1 saturated carbocycles. The summed E-state index contributed by atoms with van der Waals surface area (Å²) in [4.78, 5) is 25.2. The summed E-state index contributed by atoms with van der Waals surface area (Å²) < 4.78 is 0.784. The van der Waals surface area contributed by atoms with Gasteiger partial charge < -0.3 is 5.11 Å². The molecule has 1 aromatic carbocycles. The lowest BCUT2D eigenvalue weighted by molar-refractivity contribution is -0.140. The molecule has 0 aromatic heterocycles. The lowest BCUT2D eigenvalue weighted by atomic mass is 9.63. The summed E-state index contributed by atoms with van der Waals surface area (Å²) in [6.45, 7) is 0. The number of hydrogen-bond donors (Lipinski definition) is 1. The molecular weight excluding hydrogens is 360 g/mol. The number of phenolic OH excluding ortho intramolecular Hbond substituents is 1. The van der Waals surface area contributed by atoms with Crippen molar-refractivity contribution in [3.05, 3.63) is 40.4 Å². The Morgan fingerprint density at radius 1 is 1.13 bits per heavy atom. The molecule has 1 saturated heterocycles. The first-order valence-corrected chi connectivity index (χ1v) is 8.44. The third-order valence-electron chi connectivity index (χ3n) is 5.04. The maximum Gasteiger partial charge on any atom is 0.254 e. The van der Waals surface area contributed by atoms with E-state index in [9.17, 15) is 14.7 Å². The number of fused-ring (bicyclic) bond motifs is 1. The molecule has 5 nitrogen and oxygen atoms in total. The maximum atomic E-state index is 12.6. The molecule has 4 unspecified atom stereocenters. The van der Waals surface area contributed by atoms with Crippen molar-refractivity contribution >= 4 is 34.0 Å². The Hall–Kier alpha value is -1.95. The van der Waals surface area contributed by atoms with E-state index in [1.807, 2.05) is 0 Å². The first kappa shape index (κ1) is 14.6. The molecular formula is C17H15BrN2O3. The fourth-order valence-corrected chi connectivity index (χ4v) is 4.30. The number of aromatic hydroxyl groups is 1. The van der Waals surface area contributed by atoms with E-state index in [4.69, 9.17) is 0 Å². The normalized spacial score (nSPS) is 32.1. The van der Waals surface area contributed by atoms with Crippen molar-refractivity contribution in [2.75, 3.05) is 0 Å². The number of imide groups is 1. The minimum atomic E-state index is -0.264. The molecule has 2 bridgehead atoms. The van der Waals surface area contributed by atoms with Crippen molar-refractivity contribution in [3.63, 3.8) is 0 Å². The van der Waals surface area contributed by atoms with Crippen LogP contribution in [0.5, 0.6) is 5.75 Å². The quantitative estimate of drug-likeness (QED) is 0.491. The third kappa shape index (κ3) is 2.24. The number of allylic oxidation sites excluding steroid dienone is 2. The maximum absolute atomic E-state index is 12.6. The summed E-state index contributed by atoms with van der Waals surface area (Å²) in [5.74, 6) is -0.606. The number of hydrogen-bond acceptors (Lipinski definition) is 4. The van der Waals surface area contributed by atoms with E-state index in [2.05, 4.69) is 33.2 Å². The van der Waals surface area contributed by atoms with Gasteiger partial charge in [0.2, 0.25) is 0 Å². The summed E-state index contributed by atoms with van der Waals surface area (Å²) in [6, 6.07) is 4.92. The third-order valence-corrected chi connectivity index (χ3v) is 5.53. The van der Waals surface area contributed by atoms with Crippen molar-refractivity contribution in [1.82, 2.24) is 5.01 Å². The predicted molar refractivity (Wildman–Crippen MR) is 87.6 cm³/mol. The number of carbonyl (C=O) groups is 2. The van der Waals surface area contributed by atoms with Gasteiger partial charge in [-0.15, -0.1) is 0 Å². The number of halogens is 1. The summed E-state index contributed by atoms with van der Waals surface area (Å²) in [5.41, 5.74) is 0.455. The zero-order valence-corrected chi connectivity index (χ0v) is 13.8. The van der Waals surface area contributed by atoms with E-state index in [0.29, 0.717) is 5.56 Å². The molecule has 3 aliphatic carbocycles. The SMILES string of the molecule is O=C1C2C3C=CC(CC3)C2C(=O)N1/N=C/c1cc(Br)ccc1O. The van der Waals surface area contributed by atoms with Gasteiger partial charge in [0.05, 0.1) is 18.1 Å². The van der Waals surface area contributed by atoms with Crippen molar-refractivity contribution in [1.29, 1.82) is 0 Å². The molecule has 0 spiro atoms. The largest absolute Gasteiger partial charge is 0.507 e. The van der Waals surface area contributed by atoms with Gasteiger partial charge in [0.1, 0.15) is 5.75 Å². The number of benzene rings is 1. The minimum Gasteiger partial charge on any atom is -0.507 e. The summed E-state index contributed by atoms with van der Waals surface area (Å²) in [7, 11) is 0. The second kappa shape index (κ2) is 5.30. The van der Waals surface area contributed by atoms with Gasteiger partial charge in [-0.2, -0.15) is 10.1 Å². The number of amides is 2. The Morgan fingerprint density at radius 2 is 1.74 bits per heavy atom. The summed E-state index contributed by atoms with van der Waals surface area (Å²) in [6.07, 6.45) is 7.45. The van der Waals surface area contributed by atoms with Crippen LogP contribution in [-0.2, 0) is 9.59 Å². The highest BCUT2D eigenvalue weighted by Gasteiger charge is 2.56. The fraction of sp³-hybridized carbons (Fsp3) is 0.353. The first-order chi connectivity index (χ1) is 11.1. The van der Waals surface area contributed by atoms with Crippen LogP contribution in [0.25, 0.3) is 0 Å². The number of carbonyl (C=O) groups excluding carboxylic acids is 2. The standard InChI is InChI=1S/C17H15BrN2O3/c18-12-5-6-13(21)11(7-12)8-19-20-16(22)14-9-1-2-10(4-3-9)15(14)17(20)23/h1-2,5-10,14-15,21H,3-4H2/b19-8+. The Labute approximate surface area is 141 Å². The van der Waals surface area contributed by atoms with Crippen molar-refractivity contribution in [2.45, 2.75) is 12.8 Å². The van der Waals surface area contributed by atoms with Crippen molar-refractivity contribution < 1.29 is 14.7 Å². The van der Waals surface area contributed by atoms with Crippen molar-refractivity contribution in [3.8, 4) is 5.75 Å². The van der Waals surface area contributed by atoms with Crippen LogP contribution >= 0.6 is 15.9 Å². The zero-order chi connectivity index (χ0) is 16.1. The number of hydrazone groups is 1. The average Bonchev–Trinajstić information content (AvgIpc) is 2.83. The topological polar surface area (TPSA) is 70.0 Å². The second-order valence-corrected chi connectivity index (χ2v) is 7.19. The Bertz CT molecular complexity index is 726. The lowest BCUT2D eigenvalue weighted by Gasteiger charge is -2.37. The van der Waals surface area contributed by atoms with Crippen LogP contribution in [0, 0.1) is 23.7 Å². The smallest absolute Gasteiger partial charge is 0.254 e. The number of nitrogens with zero attached hydrogens (tertiary/aromatic N) is 2. The summed E-state index contributed by atoms with van der Waals surface area (Å²) >= 11 is 3.32. The van der Waals surface area contributed by atoms with Gasteiger partial charge in [0, 0.05) is 10.0 Å². The molecule has 4 aliphatic rings. The van der Waals surface area contributed by atoms with Crippen LogP contribution in [0.3, 0.4) is 0 Å². The van der Waals surface area contributed by atoms with Gasteiger partial charge in [-0.3, -0.25) is 9.59 Å². The fourth-order valence-electron chi connectivity index (χ4n) is 3.92. The van der Waals surface area contributed by atoms with Crippen molar-refractivity contribution in [2.24, 2.45) is 28.8 Å². The molecule has 1 N–H and O–H groups in total. The molecule has 1 aliphatic heterocycles. The Kier molecular flexibility index (Phi) is 3.37. The molecule has 1 heterocycles. The van der Waals surface area contributed by atoms with Crippen LogP contribution in [0.1, 0.15) is 18.4 Å². The van der Waals surface area contributed by atoms with E-state index in [-0.39, 0.29) is 41.2 Å². The van der Waals surface area contributed by atoms with E-state index in [0.717, 1.165) is 22.3 Å². The first-order valence-electron chi connectivity index (χ1n) is 7.65. The average molecular weight is 375 g/mol. The Morgan fingerprint density at radius 3 is 2.30 bits per heavy atom. The monoisotopic (exact) mass is 374 g/mol. The molecule has 6 heteroatoms. The molecule has 0 radical (unpaired) electrons. The second-order valence-electron chi connectivity index (χ2n) is 6.28. The van der Waals surface area contributed by atoms with Crippen LogP contribution in [0.4, 0.5) is 0 Å². The highest BCUT2D eigenvalue weighted by Crippen LogP contribution is 2.49. The van der Waals surface area contributed by atoms with Crippen LogP contribution in [0.2, 0.25) is 0 Å². The van der Waals surface area contributed by atoms with Gasteiger partial charge in [-0.1, -0.05) is 28.1 Å². The lowest BCUT2D eigenvalue weighted by Crippen LogP contribution is -2.38. The van der Waals surface area contributed by atoms with E-state index < -0.39 is 0 Å². The van der Waals surface area contributed by atoms with E-state index in [1.165, 1.54) is 12.3 Å². The highest BCUT2D eigenvalue weighted by atomic mass is 79.9. The van der Waals surface area contributed by atoms with E-state index >= 15 is 0 Å². The van der Waals surface area contributed by atoms with E-state index in [1.54, 1.807) is 12.1 Å². The Balaban J connectivity index is 1.63. The summed E-state index contributed by atoms with van der Waals surface area (Å²) in [5, 5.41) is 14.9. The number of rotatable bonds is 2. The highest BCUT2D eigenvalue weighted by molar-refractivity contribution is 9.10. The number of phenols is 1. The molecule has 2 fully saturated rings.